The first-order chi connectivity index (χ1) is 8.43. The molecule has 0 atom stereocenters. The van der Waals surface area contributed by atoms with Crippen molar-refractivity contribution < 1.29 is 34.4 Å². The third-order valence-corrected chi connectivity index (χ3v) is 1.70. The maximum atomic E-state index is 11.1. The predicted molar refractivity (Wildman–Crippen MR) is 59.5 cm³/mol. The summed E-state index contributed by atoms with van der Waals surface area (Å²) >= 11 is 0. The number of carboxylic acids is 2. The number of carboxylic acid groups (broad SMARTS) is 2. The second-order valence-electron chi connectivity index (χ2n) is 2.89. The van der Waals surface area contributed by atoms with Gasteiger partial charge in [-0.25, -0.2) is 14.4 Å². The molecule has 18 heavy (non-hydrogen) atoms. The lowest BCUT2D eigenvalue weighted by Crippen LogP contribution is -2.09. The van der Waals surface area contributed by atoms with Crippen molar-refractivity contribution in [3.8, 4) is 0 Å². The van der Waals surface area contributed by atoms with Crippen LogP contribution in [0, 0.1) is 0 Å². The first-order valence-corrected chi connectivity index (χ1v) is 4.67. The molecule has 0 amide bonds. The van der Waals surface area contributed by atoms with Crippen LogP contribution in [0.5, 0.6) is 0 Å². The van der Waals surface area contributed by atoms with Gasteiger partial charge in [-0.2, -0.15) is 0 Å². The van der Waals surface area contributed by atoms with Crippen LogP contribution in [0.3, 0.4) is 0 Å². The zero-order chi connectivity index (χ0) is 14.1. The number of aliphatic hydroxyl groups is 1. The molecule has 0 radical (unpaired) electrons. The van der Waals surface area contributed by atoms with Crippen LogP contribution < -0.4 is 0 Å². The van der Waals surface area contributed by atoms with E-state index in [-0.39, 0.29) is 11.1 Å². The summed E-state index contributed by atoms with van der Waals surface area (Å²) < 4.78 is 4.42. The van der Waals surface area contributed by atoms with E-state index in [1.165, 1.54) is 19.2 Å². The SMILES string of the molecule is COC(=O)c1ccccc1C(=O)O.O=C(O)CO. The van der Waals surface area contributed by atoms with Gasteiger partial charge < -0.3 is 20.1 Å². The van der Waals surface area contributed by atoms with E-state index in [9.17, 15) is 9.59 Å². The number of esters is 1. The Bertz CT molecular complexity index is 439. The molecule has 0 fully saturated rings. The molecular weight excluding hydrogens is 244 g/mol. The maximum Gasteiger partial charge on any atom is 0.338 e. The minimum absolute atomic E-state index is 0.0469. The van der Waals surface area contributed by atoms with Crippen LogP contribution in [0.4, 0.5) is 0 Å². The highest BCUT2D eigenvalue weighted by Gasteiger charge is 2.15. The fourth-order valence-electron chi connectivity index (χ4n) is 0.958. The quantitative estimate of drug-likeness (QED) is 0.662. The Morgan fingerprint density at radius 2 is 1.56 bits per heavy atom. The molecule has 0 heterocycles. The molecule has 7 heteroatoms. The summed E-state index contributed by atoms with van der Waals surface area (Å²) in [5.41, 5.74) is 0.0202. The molecule has 0 aliphatic heterocycles. The average Bonchev–Trinajstić information content (AvgIpc) is 2.38. The summed E-state index contributed by atoms with van der Waals surface area (Å²) in [6.07, 6.45) is 0. The molecule has 7 nitrogen and oxygen atoms in total. The number of benzene rings is 1. The van der Waals surface area contributed by atoms with Crippen molar-refractivity contribution in [2.24, 2.45) is 0 Å². The number of carbonyl (C=O) groups excluding carboxylic acids is 1. The summed E-state index contributed by atoms with van der Waals surface area (Å²) in [5.74, 6) is -2.97. The second-order valence-corrected chi connectivity index (χ2v) is 2.89. The Labute approximate surface area is 102 Å². The molecule has 0 aliphatic rings. The van der Waals surface area contributed by atoms with Gasteiger partial charge in [0.15, 0.2) is 0 Å². The molecule has 3 N–H and O–H groups in total. The minimum atomic E-state index is -1.19. The van der Waals surface area contributed by atoms with Gasteiger partial charge in [0, 0.05) is 0 Å². The van der Waals surface area contributed by atoms with E-state index < -0.39 is 24.5 Å². The van der Waals surface area contributed by atoms with E-state index in [0.29, 0.717) is 0 Å². The predicted octanol–water partition coefficient (Wildman–Crippen LogP) is 0.235. The minimum Gasteiger partial charge on any atom is -0.480 e. The van der Waals surface area contributed by atoms with Crippen molar-refractivity contribution in [2.75, 3.05) is 13.7 Å². The van der Waals surface area contributed by atoms with Gasteiger partial charge in [-0.1, -0.05) is 12.1 Å². The van der Waals surface area contributed by atoms with Crippen molar-refractivity contribution >= 4 is 17.9 Å². The van der Waals surface area contributed by atoms with Crippen molar-refractivity contribution in [3.05, 3.63) is 35.4 Å². The van der Waals surface area contributed by atoms with Crippen molar-refractivity contribution in [1.82, 2.24) is 0 Å². The van der Waals surface area contributed by atoms with E-state index in [1.807, 2.05) is 0 Å². The number of aromatic carboxylic acids is 1. The van der Waals surface area contributed by atoms with E-state index in [2.05, 4.69) is 4.74 Å². The lowest BCUT2D eigenvalue weighted by Gasteiger charge is -2.02. The van der Waals surface area contributed by atoms with Crippen LogP contribution in [0.1, 0.15) is 20.7 Å². The molecule has 1 aromatic rings. The molecule has 98 valence electrons. The zero-order valence-electron chi connectivity index (χ0n) is 9.49. The summed E-state index contributed by atoms with van der Waals surface area (Å²) in [4.78, 5) is 30.8. The number of aliphatic carboxylic acids is 1. The first kappa shape index (κ1) is 15.6. The fourth-order valence-corrected chi connectivity index (χ4v) is 0.958. The van der Waals surface area contributed by atoms with E-state index in [1.54, 1.807) is 12.1 Å². The number of hydrogen-bond donors (Lipinski definition) is 3. The highest BCUT2D eigenvalue weighted by Crippen LogP contribution is 2.09. The molecule has 0 unspecified atom stereocenters. The van der Waals surface area contributed by atoms with Crippen LogP contribution in [-0.2, 0) is 9.53 Å². The fraction of sp³-hybridized carbons (Fsp3) is 0.182. The first-order valence-electron chi connectivity index (χ1n) is 4.67. The summed E-state index contributed by atoms with van der Waals surface area (Å²) in [6, 6.07) is 5.90. The van der Waals surface area contributed by atoms with Crippen LogP contribution in [0.2, 0.25) is 0 Å². The monoisotopic (exact) mass is 256 g/mol. The number of hydrogen-bond acceptors (Lipinski definition) is 5. The zero-order valence-corrected chi connectivity index (χ0v) is 9.49. The molecule has 1 rings (SSSR count). The highest BCUT2D eigenvalue weighted by atomic mass is 16.5. The molecule has 0 aromatic heterocycles. The summed E-state index contributed by atoms with van der Waals surface area (Å²) in [5, 5.41) is 23.7. The number of ether oxygens (including phenoxy) is 1. The molecule has 1 aromatic carbocycles. The van der Waals surface area contributed by atoms with Crippen LogP contribution >= 0.6 is 0 Å². The second kappa shape index (κ2) is 7.80. The van der Waals surface area contributed by atoms with Crippen molar-refractivity contribution in [1.29, 1.82) is 0 Å². The Morgan fingerprint density at radius 3 is 1.89 bits per heavy atom. The van der Waals surface area contributed by atoms with E-state index in [0.717, 1.165) is 0 Å². The third-order valence-electron chi connectivity index (χ3n) is 1.70. The number of carbonyl (C=O) groups is 3. The molecular formula is C11H12O7. The smallest absolute Gasteiger partial charge is 0.338 e. The number of aliphatic hydroxyl groups excluding tert-OH is 1. The van der Waals surface area contributed by atoms with Crippen LogP contribution in [0.25, 0.3) is 0 Å². The Morgan fingerprint density at radius 1 is 1.11 bits per heavy atom. The van der Waals surface area contributed by atoms with Crippen molar-refractivity contribution in [2.45, 2.75) is 0 Å². The van der Waals surface area contributed by atoms with Gasteiger partial charge in [0.25, 0.3) is 0 Å². The molecule has 0 aliphatic carbocycles. The topological polar surface area (TPSA) is 121 Å². The Balaban J connectivity index is 0.000000494. The standard InChI is InChI=1S/C9H8O4.C2H4O3/c1-13-9(12)7-5-3-2-4-6(7)8(10)11;3-1-2(4)5/h2-5H,1H3,(H,10,11);3H,1H2,(H,4,5). The summed E-state index contributed by atoms with van der Waals surface area (Å²) in [6.45, 7) is -0.778. The van der Waals surface area contributed by atoms with E-state index >= 15 is 0 Å². The van der Waals surface area contributed by atoms with Gasteiger partial charge in [0.1, 0.15) is 6.61 Å². The highest BCUT2D eigenvalue weighted by molar-refractivity contribution is 6.02. The van der Waals surface area contributed by atoms with Gasteiger partial charge in [-0.15, -0.1) is 0 Å². The van der Waals surface area contributed by atoms with Gasteiger partial charge in [-0.3, -0.25) is 0 Å². The molecule has 0 saturated carbocycles. The number of methoxy groups -OCH3 is 1. The Kier molecular flexibility index (Phi) is 6.75. The molecule has 0 bridgehead atoms. The Hall–Kier alpha value is -2.41. The van der Waals surface area contributed by atoms with Crippen molar-refractivity contribution in [3.63, 3.8) is 0 Å². The van der Waals surface area contributed by atoms with Gasteiger partial charge in [-0.05, 0) is 12.1 Å². The lowest BCUT2D eigenvalue weighted by atomic mass is 10.1. The molecule has 0 saturated heterocycles. The normalized spacial score (nSPS) is 8.78. The lowest BCUT2D eigenvalue weighted by molar-refractivity contribution is -0.140. The summed E-state index contributed by atoms with van der Waals surface area (Å²) in [7, 11) is 1.21. The number of rotatable bonds is 3. The van der Waals surface area contributed by atoms with Gasteiger partial charge >= 0.3 is 17.9 Å². The third kappa shape index (κ3) is 5.08. The van der Waals surface area contributed by atoms with Gasteiger partial charge in [0.05, 0.1) is 18.2 Å². The average molecular weight is 256 g/mol. The molecule has 0 spiro atoms. The van der Waals surface area contributed by atoms with Crippen LogP contribution in [-0.4, -0.2) is 46.9 Å². The van der Waals surface area contributed by atoms with Crippen LogP contribution in [0.15, 0.2) is 24.3 Å². The maximum absolute atomic E-state index is 11.1. The largest absolute Gasteiger partial charge is 0.480 e. The van der Waals surface area contributed by atoms with E-state index in [4.69, 9.17) is 20.1 Å². The van der Waals surface area contributed by atoms with Gasteiger partial charge in [0.2, 0.25) is 0 Å².